The van der Waals surface area contributed by atoms with Gasteiger partial charge in [-0.15, -0.1) is 10.2 Å². The molecule has 0 amide bonds. The quantitative estimate of drug-likeness (QED) is 0.429. The van der Waals surface area contributed by atoms with Crippen LogP contribution < -0.4 is 15.0 Å². The summed E-state index contributed by atoms with van der Waals surface area (Å²) in [5, 5.41) is 12.5. The fourth-order valence-corrected chi connectivity index (χ4v) is 5.08. The molecule has 0 spiro atoms. The van der Waals surface area contributed by atoms with Gasteiger partial charge in [-0.05, 0) is 62.5 Å². The van der Waals surface area contributed by atoms with Crippen molar-refractivity contribution in [2.45, 2.75) is 25.9 Å². The van der Waals surface area contributed by atoms with Crippen molar-refractivity contribution in [3.8, 4) is 5.75 Å². The molecule has 8 nitrogen and oxygen atoms in total. The topological polar surface area (TPSA) is 73.0 Å². The van der Waals surface area contributed by atoms with Crippen LogP contribution in [0.25, 0.3) is 0 Å². The number of hydrogen-bond donors (Lipinski definition) is 1. The summed E-state index contributed by atoms with van der Waals surface area (Å²) in [4.78, 5) is 6.72. The van der Waals surface area contributed by atoms with E-state index in [1.165, 1.54) is 0 Å². The first-order valence-corrected chi connectivity index (χ1v) is 11.2. The van der Waals surface area contributed by atoms with Crippen molar-refractivity contribution < 1.29 is 4.74 Å². The highest BCUT2D eigenvalue weighted by Crippen LogP contribution is 2.44. The third-order valence-electron chi connectivity index (χ3n) is 5.90. The van der Waals surface area contributed by atoms with Crippen molar-refractivity contribution >= 4 is 34.6 Å². The maximum Gasteiger partial charge on any atom is 0.174 e. The Hall–Kier alpha value is -3.43. The van der Waals surface area contributed by atoms with Gasteiger partial charge in [0.25, 0.3) is 0 Å². The largest absolute Gasteiger partial charge is 0.495 e. The van der Waals surface area contributed by atoms with E-state index in [2.05, 4.69) is 50.0 Å². The van der Waals surface area contributed by atoms with Crippen LogP contribution in [0.2, 0.25) is 5.02 Å². The Labute approximate surface area is 201 Å². The molecule has 3 aromatic heterocycles. The summed E-state index contributed by atoms with van der Waals surface area (Å²) in [6.07, 6.45) is 5.15. The first-order valence-electron chi connectivity index (χ1n) is 10.4. The average Bonchev–Trinajstić information content (AvgIpc) is 3.52. The molecule has 1 saturated heterocycles. The molecule has 0 aliphatic carbocycles. The lowest BCUT2D eigenvalue weighted by molar-refractivity contribution is 0.415. The second-order valence-corrected chi connectivity index (χ2v) is 8.59. The van der Waals surface area contributed by atoms with Crippen LogP contribution in [-0.2, 0) is 0 Å². The zero-order valence-electron chi connectivity index (χ0n) is 18.3. The second-order valence-electron chi connectivity index (χ2n) is 7.80. The monoisotopic (exact) mass is 479 g/mol. The van der Waals surface area contributed by atoms with E-state index >= 15 is 0 Å². The molecule has 5 rings (SSSR count). The van der Waals surface area contributed by atoms with Gasteiger partial charge < -0.3 is 15.0 Å². The Morgan fingerprint density at radius 3 is 2.55 bits per heavy atom. The van der Waals surface area contributed by atoms with E-state index in [9.17, 15) is 0 Å². The number of aryl methyl sites for hydroxylation is 1. The molecule has 10 heteroatoms. The predicted octanol–water partition coefficient (Wildman–Crippen LogP) is 4.24. The van der Waals surface area contributed by atoms with Crippen LogP contribution in [0.4, 0.5) is 5.69 Å². The van der Waals surface area contributed by atoms with Crippen LogP contribution >= 0.6 is 23.8 Å². The van der Waals surface area contributed by atoms with E-state index in [4.69, 9.17) is 28.6 Å². The Morgan fingerprint density at radius 1 is 1.09 bits per heavy atom. The molecule has 33 heavy (non-hydrogen) atoms. The number of ether oxygens (including phenoxy) is 1. The lowest BCUT2D eigenvalue weighted by Crippen LogP contribution is -2.29. The summed E-state index contributed by atoms with van der Waals surface area (Å²) in [7, 11) is 1.60. The summed E-state index contributed by atoms with van der Waals surface area (Å²) in [5.74, 6) is 0.613. The lowest BCUT2D eigenvalue weighted by atomic mass is 9.96. The van der Waals surface area contributed by atoms with E-state index in [0.717, 1.165) is 28.3 Å². The molecular formula is C23H22ClN7OS. The molecule has 4 aromatic rings. The average molecular weight is 480 g/mol. The predicted molar refractivity (Wildman–Crippen MR) is 131 cm³/mol. The van der Waals surface area contributed by atoms with Crippen molar-refractivity contribution in [3.63, 3.8) is 0 Å². The Kier molecular flexibility index (Phi) is 5.51. The standard InChI is InChI=1S/C23H22ClN7OS/c1-14-10-17(15(2)31(14)29-12-26-27-13-29)22-21(19-6-4-5-9-25-19)28-23(33)30(22)16-7-8-20(32-3)18(24)11-16/h4-13,21-22H,1-3H3,(H,28,33). The number of methoxy groups -OCH3 is 1. The second kappa shape index (κ2) is 8.49. The zero-order valence-corrected chi connectivity index (χ0v) is 19.9. The number of nitrogens with zero attached hydrogens (tertiary/aromatic N) is 6. The van der Waals surface area contributed by atoms with Gasteiger partial charge in [-0.3, -0.25) is 9.66 Å². The summed E-state index contributed by atoms with van der Waals surface area (Å²) in [5.41, 5.74) is 4.98. The van der Waals surface area contributed by atoms with Crippen molar-refractivity contribution in [1.82, 2.24) is 29.9 Å². The number of hydrogen-bond acceptors (Lipinski definition) is 5. The third kappa shape index (κ3) is 3.63. The van der Waals surface area contributed by atoms with E-state index in [-0.39, 0.29) is 12.1 Å². The summed E-state index contributed by atoms with van der Waals surface area (Å²) < 4.78 is 9.28. The molecule has 1 aromatic carbocycles. The first-order chi connectivity index (χ1) is 16.0. The number of rotatable bonds is 5. The SMILES string of the molecule is COc1ccc(N2C(=S)NC(c3ccccn3)C2c2cc(C)n(-n3cnnc3)c2C)cc1Cl. The van der Waals surface area contributed by atoms with Crippen LogP contribution in [0.3, 0.4) is 0 Å². The number of benzene rings is 1. The highest BCUT2D eigenvalue weighted by atomic mass is 35.5. The van der Waals surface area contributed by atoms with E-state index in [1.807, 2.05) is 41.1 Å². The summed E-state index contributed by atoms with van der Waals surface area (Å²) in [6, 6.07) is 13.4. The van der Waals surface area contributed by atoms with Crippen molar-refractivity contribution in [3.05, 3.63) is 89.0 Å². The minimum atomic E-state index is -0.159. The summed E-state index contributed by atoms with van der Waals surface area (Å²) >= 11 is 12.3. The van der Waals surface area contributed by atoms with Gasteiger partial charge >= 0.3 is 0 Å². The Bertz CT molecular complexity index is 1310. The molecule has 1 fully saturated rings. The van der Waals surface area contributed by atoms with Crippen LogP contribution in [0.5, 0.6) is 5.75 Å². The molecule has 2 unspecified atom stereocenters. The molecule has 2 atom stereocenters. The van der Waals surface area contributed by atoms with Crippen molar-refractivity contribution in [2.75, 3.05) is 12.0 Å². The van der Waals surface area contributed by atoms with Crippen LogP contribution in [0, 0.1) is 13.8 Å². The molecule has 0 bridgehead atoms. The molecule has 0 radical (unpaired) electrons. The number of halogens is 1. The highest BCUT2D eigenvalue weighted by Gasteiger charge is 2.42. The van der Waals surface area contributed by atoms with Gasteiger partial charge in [0, 0.05) is 28.8 Å². The van der Waals surface area contributed by atoms with E-state index in [1.54, 1.807) is 26.0 Å². The Balaban J connectivity index is 1.68. The first kappa shape index (κ1) is 21.4. The van der Waals surface area contributed by atoms with Gasteiger partial charge in [0.15, 0.2) is 5.11 Å². The maximum atomic E-state index is 6.48. The minimum Gasteiger partial charge on any atom is -0.495 e. The highest BCUT2D eigenvalue weighted by molar-refractivity contribution is 7.80. The third-order valence-corrected chi connectivity index (χ3v) is 6.51. The molecule has 1 aliphatic heterocycles. The molecular weight excluding hydrogens is 458 g/mol. The smallest absolute Gasteiger partial charge is 0.174 e. The van der Waals surface area contributed by atoms with Gasteiger partial charge in [-0.1, -0.05) is 17.7 Å². The zero-order chi connectivity index (χ0) is 23.1. The van der Waals surface area contributed by atoms with Gasteiger partial charge in [-0.2, -0.15) is 0 Å². The number of aromatic nitrogens is 5. The van der Waals surface area contributed by atoms with Crippen LogP contribution in [0.15, 0.2) is 61.3 Å². The maximum absolute atomic E-state index is 6.48. The number of anilines is 1. The fraction of sp³-hybridized carbons (Fsp3) is 0.217. The van der Waals surface area contributed by atoms with Crippen molar-refractivity contribution in [1.29, 1.82) is 0 Å². The molecule has 1 N–H and O–H groups in total. The van der Waals surface area contributed by atoms with Crippen LogP contribution in [0.1, 0.15) is 34.7 Å². The minimum absolute atomic E-state index is 0.158. The fourth-order valence-electron chi connectivity index (χ4n) is 4.48. The summed E-state index contributed by atoms with van der Waals surface area (Å²) in [6.45, 7) is 4.14. The number of thiocarbonyl (C=S) groups is 1. The molecule has 168 valence electrons. The molecule has 4 heterocycles. The van der Waals surface area contributed by atoms with E-state index < -0.39 is 0 Å². The van der Waals surface area contributed by atoms with Crippen molar-refractivity contribution in [2.24, 2.45) is 0 Å². The van der Waals surface area contributed by atoms with Gasteiger partial charge in [0.05, 0.1) is 29.9 Å². The number of nitrogens with one attached hydrogen (secondary N) is 1. The Morgan fingerprint density at radius 2 is 1.88 bits per heavy atom. The molecule has 1 aliphatic rings. The number of pyridine rings is 1. The lowest BCUT2D eigenvalue weighted by Gasteiger charge is -2.28. The molecule has 0 saturated carbocycles. The normalized spacial score (nSPS) is 17.9. The van der Waals surface area contributed by atoms with E-state index in [0.29, 0.717) is 15.9 Å². The van der Waals surface area contributed by atoms with Gasteiger partial charge in [0.2, 0.25) is 0 Å². The van der Waals surface area contributed by atoms with Gasteiger partial charge in [0.1, 0.15) is 18.4 Å². The van der Waals surface area contributed by atoms with Crippen LogP contribution in [-0.4, -0.2) is 36.8 Å². The van der Waals surface area contributed by atoms with Gasteiger partial charge in [-0.25, -0.2) is 4.68 Å².